The zero-order valence-corrected chi connectivity index (χ0v) is 14.7. The van der Waals surface area contributed by atoms with Gasteiger partial charge in [-0.15, -0.1) is 11.3 Å². The second-order valence-electron chi connectivity index (χ2n) is 6.30. The zero-order chi connectivity index (χ0) is 17.0. The number of hydrogen-bond acceptors (Lipinski definition) is 6. The SMILES string of the molecule is CCOC(=O)/C(=C\C1CC1)c1csc(NC(=O)OC(C)(C)C)n1. The number of carbonyl (C=O) groups is 2. The van der Waals surface area contributed by atoms with Gasteiger partial charge >= 0.3 is 12.1 Å². The largest absolute Gasteiger partial charge is 0.462 e. The highest BCUT2D eigenvalue weighted by Crippen LogP contribution is 2.34. The van der Waals surface area contributed by atoms with E-state index in [9.17, 15) is 9.59 Å². The molecular formula is C16H22N2O4S. The maximum atomic E-state index is 12.1. The summed E-state index contributed by atoms with van der Waals surface area (Å²) in [7, 11) is 0. The molecule has 1 heterocycles. The molecule has 0 unspecified atom stereocenters. The van der Waals surface area contributed by atoms with Gasteiger partial charge in [-0.2, -0.15) is 0 Å². The summed E-state index contributed by atoms with van der Waals surface area (Å²) in [5.41, 5.74) is 0.404. The van der Waals surface area contributed by atoms with Crippen molar-refractivity contribution in [1.82, 2.24) is 4.98 Å². The molecule has 0 saturated heterocycles. The van der Waals surface area contributed by atoms with E-state index in [4.69, 9.17) is 9.47 Å². The third kappa shape index (κ3) is 5.67. The monoisotopic (exact) mass is 338 g/mol. The lowest BCUT2D eigenvalue weighted by molar-refractivity contribution is -0.136. The number of rotatable bonds is 5. The first kappa shape index (κ1) is 17.5. The van der Waals surface area contributed by atoms with E-state index in [-0.39, 0.29) is 5.97 Å². The lowest BCUT2D eigenvalue weighted by Crippen LogP contribution is -2.27. The van der Waals surface area contributed by atoms with Crippen LogP contribution in [0.5, 0.6) is 0 Å². The van der Waals surface area contributed by atoms with Crippen LogP contribution in [0.1, 0.15) is 46.2 Å². The number of esters is 1. The molecule has 0 aromatic carbocycles. The third-order valence-electron chi connectivity index (χ3n) is 2.91. The highest BCUT2D eigenvalue weighted by atomic mass is 32.1. The minimum atomic E-state index is -0.577. The van der Waals surface area contributed by atoms with Crippen molar-refractivity contribution in [3.8, 4) is 0 Å². The lowest BCUT2D eigenvalue weighted by atomic mass is 10.1. The van der Waals surface area contributed by atoms with Crippen LogP contribution in [-0.4, -0.2) is 29.3 Å². The van der Waals surface area contributed by atoms with Crippen LogP contribution < -0.4 is 5.32 Å². The highest BCUT2D eigenvalue weighted by Gasteiger charge is 2.25. The smallest absolute Gasteiger partial charge is 0.413 e. The van der Waals surface area contributed by atoms with Crippen LogP contribution in [-0.2, 0) is 14.3 Å². The summed E-state index contributed by atoms with van der Waals surface area (Å²) >= 11 is 1.24. The first-order chi connectivity index (χ1) is 10.8. The van der Waals surface area contributed by atoms with Gasteiger partial charge in [-0.1, -0.05) is 6.08 Å². The number of amides is 1. The molecule has 126 valence electrons. The van der Waals surface area contributed by atoms with E-state index in [1.165, 1.54) is 11.3 Å². The number of aromatic nitrogens is 1. The molecule has 1 N–H and O–H groups in total. The topological polar surface area (TPSA) is 77.5 Å². The molecular weight excluding hydrogens is 316 g/mol. The van der Waals surface area contributed by atoms with Gasteiger partial charge in [0.05, 0.1) is 17.9 Å². The Morgan fingerprint density at radius 3 is 2.70 bits per heavy atom. The van der Waals surface area contributed by atoms with Crippen molar-refractivity contribution in [2.75, 3.05) is 11.9 Å². The van der Waals surface area contributed by atoms with E-state index in [0.717, 1.165) is 12.8 Å². The van der Waals surface area contributed by atoms with Gasteiger partial charge in [0.2, 0.25) is 0 Å². The van der Waals surface area contributed by atoms with Crippen molar-refractivity contribution in [1.29, 1.82) is 0 Å². The van der Waals surface area contributed by atoms with Crippen molar-refractivity contribution in [2.45, 2.75) is 46.1 Å². The van der Waals surface area contributed by atoms with Crippen molar-refractivity contribution in [3.05, 3.63) is 17.2 Å². The summed E-state index contributed by atoms with van der Waals surface area (Å²) in [6.07, 6.45) is 3.50. The normalized spacial score (nSPS) is 15.2. The van der Waals surface area contributed by atoms with Gasteiger partial charge in [-0.25, -0.2) is 14.6 Å². The molecule has 2 rings (SSSR count). The molecule has 0 spiro atoms. The maximum Gasteiger partial charge on any atom is 0.413 e. The van der Waals surface area contributed by atoms with E-state index in [0.29, 0.717) is 28.9 Å². The number of hydrogen-bond donors (Lipinski definition) is 1. The number of ether oxygens (including phenoxy) is 2. The Labute approximate surface area is 139 Å². The molecule has 1 aromatic heterocycles. The van der Waals surface area contributed by atoms with Crippen LogP contribution in [0, 0.1) is 5.92 Å². The molecule has 1 aromatic rings. The van der Waals surface area contributed by atoms with E-state index in [1.54, 1.807) is 33.1 Å². The molecule has 0 atom stereocenters. The van der Waals surface area contributed by atoms with Gasteiger partial charge in [0.25, 0.3) is 0 Å². The van der Waals surface area contributed by atoms with Gasteiger partial charge in [0.1, 0.15) is 5.60 Å². The summed E-state index contributed by atoms with van der Waals surface area (Å²) in [6, 6.07) is 0. The van der Waals surface area contributed by atoms with Crippen LogP contribution in [0.15, 0.2) is 11.5 Å². The fourth-order valence-corrected chi connectivity index (χ4v) is 2.51. The van der Waals surface area contributed by atoms with Gasteiger partial charge < -0.3 is 9.47 Å². The molecule has 0 aliphatic heterocycles. The molecule has 1 aliphatic carbocycles. The molecule has 1 fully saturated rings. The Hall–Kier alpha value is -1.89. The van der Waals surface area contributed by atoms with Crippen LogP contribution in [0.4, 0.5) is 9.93 Å². The number of nitrogens with zero attached hydrogens (tertiary/aromatic N) is 1. The van der Waals surface area contributed by atoms with E-state index in [1.807, 2.05) is 6.08 Å². The summed E-state index contributed by atoms with van der Waals surface area (Å²) in [5.74, 6) is 0.0342. The predicted octanol–water partition coefficient (Wildman–Crippen LogP) is 3.85. The fraction of sp³-hybridized carbons (Fsp3) is 0.562. The predicted molar refractivity (Wildman–Crippen MR) is 89.3 cm³/mol. The van der Waals surface area contributed by atoms with Crippen LogP contribution in [0.3, 0.4) is 0 Å². The Morgan fingerprint density at radius 1 is 1.43 bits per heavy atom. The zero-order valence-electron chi connectivity index (χ0n) is 13.8. The molecule has 1 amide bonds. The second kappa shape index (κ2) is 7.12. The number of thiazole rings is 1. The minimum absolute atomic E-state index is 0.313. The number of nitrogens with one attached hydrogen (secondary N) is 1. The Balaban J connectivity index is 2.09. The summed E-state index contributed by atoms with van der Waals surface area (Å²) < 4.78 is 10.3. The standard InChI is InChI=1S/C16H22N2O4S/c1-5-21-13(19)11(8-10-6-7-10)12-9-23-14(17-12)18-15(20)22-16(2,3)4/h8-10H,5-7H2,1-4H3,(H,17,18,20)/b11-8-. The van der Waals surface area contributed by atoms with E-state index < -0.39 is 11.7 Å². The first-order valence-electron chi connectivity index (χ1n) is 7.63. The fourth-order valence-electron chi connectivity index (χ4n) is 1.81. The molecule has 23 heavy (non-hydrogen) atoms. The third-order valence-corrected chi connectivity index (χ3v) is 3.67. The molecule has 0 bridgehead atoms. The van der Waals surface area contributed by atoms with Gasteiger partial charge in [-0.05, 0) is 46.5 Å². The van der Waals surface area contributed by atoms with Crippen LogP contribution in [0.25, 0.3) is 5.57 Å². The quantitative estimate of drug-likeness (QED) is 0.652. The number of carbonyl (C=O) groups excluding carboxylic acids is 2. The minimum Gasteiger partial charge on any atom is -0.462 e. The molecule has 1 aliphatic rings. The van der Waals surface area contributed by atoms with Crippen molar-refractivity contribution in [2.24, 2.45) is 5.92 Å². The van der Waals surface area contributed by atoms with Gasteiger partial charge in [-0.3, -0.25) is 5.32 Å². The average Bonchev–Trinajstić information content (AvgIpc) is 3.13. The molecule has 0 radical (unpaired) electrons. The Bertz CT molecular complexity index is 612. The lowest BCUT2D eigenvalue weighted by Gasteiger charge is -2.18. The van der Waals surface area contributed by atoms with E-state index in [2.05, 4.69) is 10.3 Å². The van der Waals surface area contributed by atoms with E-state index >= 15 is 0 Å². The molecule has 1 saturated carbocycles. The van der Waals surface area contributed by atoms with Crippen LogP contribution >= 0.6 is 11.3 Å². The maximum absolute atomic E-state index is 12.1. The summed E-state index contributed by atoms with van der Waals surface area (Å²) in [5, 5.41) is 4.70. The number of anilines is 1. The first-order valence-corrected chi connectivity index (χ1v) is 8.51. The van der Waals surface area contributed by atoms with Crippen molar-refractivity contribution in [3.63, 3.8) is 0 Å². The van der Waals surface area contributed by atoms with Crippen molar-refractivity contribution < 1.29 is 19.1 Å². The van der Waals surface area contributed by atoms with Gasteiger partial charge in [0.15, 0.2) is 5.13 Å². The second-order valence-corrected chi connectivity index (χ2v) is 7.16. The molecule has 6 nitrogen and oxygen atoms in total. The molecule has 7 heteroatoms. The number of allylic oxidation sites excluding steroid dienone is 1. The van der Waals surface area contributed by atoms with Crippen LogP contribution in [0.2, 0.25) is 0 Å². The Kier molecular flexibility index (Phi) is 5.41. The highest BCUT2D eigenvalue weighted by molar-refractivity contribution is 7.14. The Morgan fingerprint density at radius 2 is 2.13 bits per heavy atom. The van der Waals surface area contributed by atoms with Gasteiger partial charge in [0, 0.05) is 5.38 Å². The van der Waals surface area contributed by atoms with Crippen molar-refractivity contribution >= 4 is 34.1 Å². The average molecular weight is 338 g/mol. The summed E-state index contributed by atoms with van der Waals surface area (Å²) in [6.45, 7) is 7.45. The summed E-state index contributed by atoms with van der Waals surface area (Å²) in [4.78, 5) is 28.1.